The number of nitrogens with one attached hydrogen (secondary N) is 1. The Balaban J connectivity index is 1.91. The Labute approximate surface area is 163 Å². The number of rotatable bonds is 6. The van der Waals surface area contributed by atoms with E-state index < -0.39 is 27.8 Å². The smallest absolute Gasteiger partial charge is 0.317 e. The minimum atomic E-state index is -3.37. The number of sulfonamides is 1. The van der Waals surface area contributed by atoms with Crippen molar-refractivity contribution in [2.24, 2.45) is 5.92 Å². The summed E-state index contributed by atoms with van der Waals surface area (Å²) in [5.41, 5.74) is 1.95. The van der Waals surface area contributed by atoms with Gasteiger partial charge in [0.25, 0.3) is 0 Å². The van der Waals surface area contributed by atoms with Crippen LogP contribution in [0.4, 0.5) is 5.69 Å². The second kappa shape index (κ2) is 8.02. The predicted octanol–water partition coefficient (Wildman–Crippen LogP) is 2.97. The minimum absolute atomic E-state index is 0.193. The molecule has 0 aliphatic heterocycles. The van der Waals surface area contributed by atoms with Crippen LogP contribution in [0.1, 0.15) is 30.6 Å². The summed E-state index contributed by atoms with van der Waals surface area (Å²) in [5.74, 6) is -1.75. The summed E-state index contributed by atoms with van der Waals surface area (Å²) in [6.45, 7) is 1.89. The van der Waals surface area contributed by atoms with Gasteiger partial charge in [0, 0.05) is 11.6 Å². The average molecular weight is 403 g/mol. The van der Waals surface area contributed by atoms with Crippen molar-refractivity contribution in [3.63, 3.8) is 0 Å². The van der Waals surface area contributed by atoms with E-state index in [1.54, 1.807) is 43.3 Å². The van der Waals surface area contributed by atoms with Gasteiger partial charge in [-0.05, 0) is 54.8 Å². The molecule has 1 aliphatic carbocycles. The predicted molar refractivity (Wildman–Crippen MR) is 104 cm³/mol. The largest absolute Gasteiger partial charge is 0.469 e. The maximum Gasteiger partial charge on any atom is 0.317 e. The van der Waals surface area contributed by atoms with E-state index in [-0.39, 0.29) is 12.4 Å². The van der Waals surface area contributed by atoms with Crippen molar-refractivity contribution in [2.45, 2.75) is 19.3 Å². The summed E-state index contributed by atoms with van der Waals surface area (Å²) < 4.78 is 35.6. The molecule has 0 fully saturated rings. The summed E-state index contributed by atoms with van der Waals surface area (Å²) >= 11 is 0. The van der Waals surface area contributed by atoms with Gasteiger partial charge in [-0.3, -0.25) is 14.3 Å². The van der Waals surface area contributed by atoms with Gasteiger partial charge in [0.05, 0.1) is 19.1 Å². The zero-order chi connectivity index (χ0) is 20.3. The number of anilines is 1. The van der Waals surface area contributed by atoms with Crippen molar-refractivity contribution in [3.8, 4) is 0 Å². The van der Waals surface area contributed by atoms with E-state index in [1.807, 2.05) is 0 Å². The number of hydrogen-bond acceptors (Lipinski definition) is 6. The van der Waals surface area contributed by atoms with E-state index in [1.165, 1.54) is 12.3 Å². The molecule has 2 atom stereocenters. The highest BCUT2D eigenvalue weighted by Crippen LogP contribution is 2.40. The molecule has 1 aromatic carbocycles. The average Bonchev–Trinajstić information content (AvgIpc) is 3.15. The first kappa shape index (κ1) is 19.9. The first-order valence-corrected chi connectivity index (χ1v) is 10.7. The van der Waals surface area contributed by atoms with Crippen LogP contribution in [0.2, 0.25) is 0 Å². The number of hydrogen-bond donors (Lipinski definition) is 1. The zero-order valence-corrected chi connectivity index (χ0v) is 16.4. The lowest BCUT2D eigenvalue weighted by molar-refractivity contribution is -0.151. The third-order valence-electron chi connectivity index (χ3n) is 4.47. The molecule has 1 heterocycles. The van der Waals surface area contributed by atoms with E-state index in [2.05, 4.69) is 4.72 Å². The molecule has 1 aliphatic rings. The Kier molecular flexibility index (Phi) is 5.69. The quantitative estimate of drug-likeness (QED) is 0.588. The fraction of sp³-hybridized carbons (Fsp3) is 0.300. The summed E-state index contributed by atoms with van der Waals surface area (Å²) in [6.07, 6.45) is 4.46. The van der Waals surface area contributed by atoms with Gasteiger partial charge in [-0.1, -0.05) is 12.1 Å². The molecular weight excluding hydrogens is 382 g/mol. The number of ketones is 1. The van der Waals surface area contributed by atoms with Crippen molar-refractivity contribution in [2.75, 3.05) is 17.6 Å². The van der Waals surface area contributed by atoms with Crippen LogP contribution < -0.4 is 4.72 Å². The van der Waals surface area contributed by atoms with Crippen molar-refractivity contribution < 1.29 is 27.2 Å². The van der Waals surface area contributed by atoms with Crippen LogP contribution in [0.5, 0.6) is 0 Å². The third-order valence-corrected chi connectivity index (χ3v) is 5.08. The SMILES string of the molecule is CCOC(=O)[C@@H]1C(=O)C=C(c2ccc(NS(C)(=O)=O)cc2)C[C@H]1c1ccco1. The second-order valence-electron chi connectivity index (χ2n) is 6.58. The van der Waals surface area contributed by atoms with Gasteiger partial charge in [-0.25, -0.2) is 8.42 Å². The first-order chi connectivity index (χ1) is 13.3. The normalized spacial score (nSPS) is 19.8. The molecule has 3 rings (SSSR count). The Hall–Kier alpha value is -2.87. The number of benzene rings is 1. The Bertz CT molecular complexity index is 990. The Morgan fingerprint density at radius 1 is 1.25 bits per heavy atom. The number of allylic oxidation sites excluding steroid dienone is 2. The molecule has 7 nitrogen and oxygen atoms in total. The van der Waals surface area contributed by atoms with Crippen LogP contribution in [0.15, 0.2) is 53.2 Å². The van der Waals surface area contributed by atoms with Gasteiger partial charge in [-0.15, -0.1) is 0 Å². The lowest BCUT2D eigenvalue weighted by Gasteiger charge is -2.27. The number of ether oxygens (including phenoxy) is 1. The van der Waals surface area contributed by atoms with Gasteiger partial charge in [-0.2, -0.15) is 0 Å². The van der Waals surface area contributed by atoms with Crippen LogP contribution in [0.3, 0.4) is 0 Å². The second-order valence-corrected chi connectivity index (χ2v) is 8.33. The molecule has 148 valence electrons. The van der Waals surface area contributed by atoms with Gasteiger partial charge in [0.2, 0.25) is 10.0 Å². The molecule has 0 radical (unpaired) electrons. The molecule has 0 amide bonds. The highest BCUT2D eigenvalue weighted by Gasteiger charge is 2.41. The molecule has 0 spiro atoms. The molecule has 0 bridgehead atoms. The monoisotopic (exact) mass is 403 g/mol. The molecular formula is C20H21NO6S. The number of furan rings is 1. The molecule has 1 N–H and O–H groups in total. The fourth-order valence-electron chi connectivity index (χ4n) is 3.32. The van der Waals surface area contributed by atoms with Crippen molar-refractivity contribution >= 4 is 33.0 Å². The van der Waals surface area contributed by atoms with Gasteiger partial charge in [0.15, 0.2) is 5.78 Å². The van der Waals surface area contributed by atoms with Crippen molar-refractivity contribution in [3.05, 3.63) is 60.1 Å². The van der Waals surface area contributed by atoms with E-state index in [0.29, 0.717) is 17.9 Å². The minimum Gasteiger partial charge on any atom is -0.469 e. The maximum absolute atomic E-state index is 12.7. The molecule has 1 aromatic heterocycles. The third kappa shape index (κ3) is 4.51. The molecule has 8 heteroatoms. The Morgan fingerprint density at radius 2 is 1.96 bits per heavy atom. The van der Waals surface area contributed by atoms with E-state index in [4.69, 9.17) is 9.15 Å². The van der Waals surface area contributed by atoms with E-state index in [9.17, 15) is 18.0 Å². The van der Waals surface area contributed by atoms with E-state index in [0.717, 1.165) is 17.4 Å². The maximum atomic E-state index is 12.7. The van der Waals surface area contributed by atoms with E-state index >= 15 is 0 Å². The Morgan fingerprint density at radius 3 is 2.54 bits per heavy atom. The zero-order valence-electron chi connectivity index (χ0n) is 15.5. The summed E-state index contributed by atoms with van der Waals surface area (Å²) in [4.78, 5) is 25.1. The van der Waals surface area contributed by atoms with Crippen LogP contribution in [0, 0.1) is 5.92 Å². The fourth-order valence-corrected chi connectivity index (χ4v) is 3.88. The first-order valence-electron chi connectivity index (χ1n) is 8.81. The number of esters is 1. The molecule has 28 heavy (non-hydrogen) atoms. The van der Waals surface area contributed by atoms with Crippen molar-refractivity contribution in [1.29, 1.82) is 0 Å². The van der Waals surface area contributed by atoms with Gasteiger partial charge in [0.1, 0.15) is 11.7 Å². The van der Waals surface area contributed by atoms with Crippen LogP contribution in [-0.2, 0) is 24.3 Å². The van der Waals surface area contributed by atoms with Crippen LogP contribution in [-0.4, -0.2) is 33.0 Å². The lowest BCUT2D eigenvalue weighted by atomic mass is 9.76. The van der Waals surface area contributed by atoms with Gasteiger partial charge < -0.3 is 9.15 Å². The summed E-state index contributed by atoms with van der Waals surface area (Å²) in [5, 5.41) is 0. The van der Waals surface area contributed by atoms with Crippen LogP contribution >= 0.6 is 0 Å². The van der Waals surface area contributed by atoms with Crippen LogP contribution in [0.25, 0.3) is 5.57 Å². The molecule has 0 saturated carbocycles. The number of carbonyl (C=O) groups is 2. The van der Waals surface area contributed by atoms with Gasteiger partial charge >= 0.3 is 5.97 Å². The molecule has 2 aromatic rings. The molecule has 0 unspecified atom stereocenters. The summed E-state index contributed by atoms with van der Waals surface area (Å²) in [6, 6.07) is 10.2. The lowest BCUT2D eigenvalue weighted by Crippen LogP contribution is -2.33. The highest BCUT2D eigenvalue weighted by molar-refractivity contribution is 7.92. The van der Waals surface area contributed by atoms with Crippen molar-refractivity contribution in [1.82, 2.24) is 0 Å². The number of carbonyl (C=O) groups excluding carboxylic acids is 2. The standard InChI is InChI=1S/C20H21NO6S/c1-3-26-20(23)19-16(18-5-4-10-27-18)11-14(12-17(19)22)13-6-8-15(9-7-13)21-28(2,24)25/h4-10,12,16,19,21H,3,11H2,1-2H3/t16-,19-/m0/s1. The summed E-state index contributed by atoms with van der Waals surface area (Å²) in [7, 11) is -3.37. The molecule has 0 saturated heterocycles. The highest BCUT2D eigenvalue weighted by atomic mass is 32.2. The topological polar surface area (TPSA) is 103 Å².